The molecule has 27 heavy (non-hydrogen) atoms. The average molecular weight is 373 g/mol. The second kappa shape index (κ2) is 4.88. The fourth-order valence-corrected chi connectivity index (χ4v) is 3.70. The number of nitrogens with zero attached hydrogens (tertiary/aromatic N) is 2. The largest absolute Gasteiger partial charge is 0.440 e. The molecule has 5 nitrogen and oxygen atoms in total. The van der Waals surface area contributed by atoms with E-state index in [1.54, 1.807) is 0 Å². The minimum atomic E-state index is -4.54. The number of halogens is 3. The summed E-state index contributed by atoms with van der Waals surface area (Å²) >= 11 is 0. The van der Waals surface area contributed by atoms with Crippen molar-refractivity contribution in [1.82, 2.24) is 15.3 Å². The van der Waals surface area contributed by atoms with E-state index in [1.165, 1.54) is 0 Å². The summed E-state index contributed by atoms with van der Waals surface area (Å²) < 4.78 is 44.3. The highest BCUT2D eigenvalue weighted by Crippen LogP contribution is 2.78. The molecular formula is C19H14F3N3O2. The summed E-state index contributed by atoms with van der Waals surface area (Å²) in [5, 5.41) is 2.85. The molecule has 1 N–H and O–H groups in total. The molecule has 138 valence electrons. The molecule has 0 spiro atoms. The molecule has 0 bridgehead atoms. The van der Waals surface area contributed by atoms with Gasteiger partial charge in [0.15, 0.2) is 5.58 Å². The van der Waals surface area contributed by atoms with Gasteiger partial charge >= 0.3 is 6.18 Å². The molecule has 0 aliphatic heterocycles. The fraction of sp³-hybridized carbons (Fsp3) is 0.316. The van der Waals surface area contributed by atoms with Crippen molar-refractivity contribution >= 4 is 17.0 Å². The topological polar surface area (TPSA) is 68.0 Å². The predicted molar refractivity (Wildman–Crippen MR) is 89.1 cm³/mol. The van der Waals surface area contributed by atoms with Crippen molar-refractivity contribution in [3.05, 3.63) is 59.2 Å². The van der Waals surface area contributed by atoms with Crippen LogP contribution < -0.4 is 5.32 Å². The van der Waals surface area contributed by atoms with Gasteiger partial charge in [-0.3, -0.25) is 9.78 Å². The molecule has 3 aromatic rings. The van der Waals surface area contributed by atoms with Gasteiger partial charge in [0.2, 0.25) is 5.89 Å². The summed E-state index contributed by atoms with van der Waals surface area (Å²) in [7, 11) is 0. The van der Waals surface area contributed by atoms with Crippen LogP contribution in [0, 0.1) is 6.92 Å². The van der Waals surface area contributed by atoms with Gasteiger partial charge in [0.1, 0.15) is 5.52 Å². The Labute approximate surface area is 151 Å². The molecule has 2 heterocycles. The standard InChI is InChI=1S/C19H14F3N3O2/c1-10-2-3-14-13(4-10)24-16(27-14)17-8-18(17,9-17)25-15(26)11-5-12(7-23-6-11)19(20,21)22/h2-7H,8-9H2,1H3,(H,25,26). The summed E-state index contributed by atoms with van der Waals surface area (Å²) in [4.78, 5) is 20.5. The van der Waals surface area contributed by atoms with Crippen molar-refractivity contribution in [1.29, 1.82) is 0 Å². The highest BCUT2D eigenvalue weighted by molar-refractivity contribution is 5.96. The highest BCUT2D eigenvalue weighted by Gasteiger charge is 2.87. The van der Waals surface area contributed by atoms with Crippen molar-refractivity contribution in [2.45, 2.75) is 36.9 Å². The maximum atomic E-state index is 12.8. The molecule has 2 fully saturated rings. The number of pyridine rings is 1. The van der Waals surface area contributed by atoms with Crippen LogP contribution >= 0.6 is 0 Å². The third-order valence-electron chi connectivity index (χ3n) is 5.51. The molecule has 2 aromatic heterocycles. The summed E-state index contributed by atoms with van der Waals surface area (Å²) in [5.41, 5.74) is 0.647. The smallest absolute Gasteiger partial charge is 0.417 e. The van der Waals surface area contributed by atoms with E-state index in [0.29, 0.717) is 30.5 Å². The monoisotopic (exact) mass is 373 g/mol. The molecule has 2 saturated carbocycles. The number of alkyl halides is 3. The lowest BCUT2D eigenvalue weighted by molar-refractivity contribution is -0.137. The van der Waals surface area contributed by atoms with Gasteiger partial charge in [0, 0.05) is 12.4 Å². The van der Waals surface area contributed by atoms with Gasteiger partial charge < -0.3 is 9.73 Å². The van der Waals surface area contributed by atoms with Crippen molar-refractivity contribution in [3.8, 4) is 0 Å². The Morgan fingerprint density at radius 2 is 2.00 bits per heavy atom. The summed E-state index contributed by atoms with van der Waals surface area (Å²) in [6.07, 6.45) is -1.36. The average Bonchev–Trinajstić information content (AvgIpc) is 3.34. The molecule has 2 aliphatic carbocycles. The van der Waals surface area contributed by atoms with E-state index in [2.05, 4.69) is 15.3 Å². The number of aromatic nitrogens is 2. The third kappa shape index (κ3) is 2.35. The van der Waals surface area contributed by atoms with E-state index >= 15 is 0 Å². The van der Waals surface area contributed by atoms with Crippen molar-refractivity contribution in [2.75, 3.05) is 0 Å². The number of aryl methyl sites for hydroxylation is 1. The Kier molecular flexibility index (Phi) is 2.94. The predicted octanol–water partition coefficient (Wildman–Crippen LogP) is 3.76. The number of carbonyl (C=O) groups excluding carboxylic acids is 1. The zero-order valence-electron chi connectivity index (χ0n) is 14.2. The molecule has 0 unspecified atom stereocenters. The van der Waals surface area contributed by atoms with Crippen LogP contribution in [0.15, 0.2) is 41.1 Å². The van der Waals surface area contributed by atoms with Crippen molar-refractivity contribution in [2.24, 2.45) is 0 Å². The molecular weight excluding hydrogens is 359 g/mol. The SMILES string of the molecule is Cc1ccc2oc(C34CC3(NC(=O)c3cncc(C(F)(F)F)c3)C4)nc2c1. The highest BCUT2D eigenvalue weighted by atomic mass is 19.4. The normalized spacial score (nSPS) is 25.9. The molecule has 1 amide bonds. The first-order valence-electron chi connectivity index (χ1n) is 8.45. The molecule has 0 saturated heterocycles. The summed E-state index contributed by atoms with van der Waals surface area (Å²) in [6, 6.07) is 6.54. The lowest BCUT2D eigenvalue weighted by Crippen LogP contribution is -2.31. The fourth-order valence-electron chi connectivity index (χ4n) is 3.70. The number of hydrogen-bond donors (Lipinski definition) is 1. The molecule has 1 aromatic carbocycles. The molecule has 0 atom stereocenters. The first kappa shape index (κ1) is 16.3. The maximum Gasteiger partial charge on any atom is 0.417 e. The number of oxazole rings is 1. The lowest BCUT2D eigenvalue weighted by atomic mass is 10.2. The quantitative estimate of drug-likeness (QED) is 0.759. The van der Waals surface area contributed by atoms with E-state index in [-0.39, 0.29) is 11.0 Å². The van der Waals surface area contributed by atoms with Crippen molar-refractivity contribution in [3.63, 3.8) is 0 Å². The van der Waals surface area contributed by atoms with E-state index in [1.807, 2.05) is 25.1 Å². The first-order valence-corrected chi connectivity index (χ1v) is 8.45. The lowest BCUT2D eigenvalue weighted by Gasteiger charge is -2.09. The number of fused-ring (bicyclic) bond motifs is 2. The van der Waals surface area contributed by atoms with Gasteiger partial charge in [0.25, 0.3) is 5.91 Å². The second-order valence-corrected chi connectivity index (χ2v) is 7.42. The van der Waals surface area contributed by atoms with Crippen molar-refractivity contribution < 1.29 is 22.4 Å². The molecule has 0 radical (unpaired) electrons. The van der Waals surface area contributed by atoms with Crippen LogP contribution in [-0.4, -0.2) is 21.4 Å². The van der Waals surface area contributed by atoms with Gasteiger partial charge in [-0.05, 0) is 43.5 Å². The number of rotatable bonds is 3. The van der Waals surface area contributed by atoms with E-state index < -0.39 is 23.2 Å². The van der Waals surface area contributed by atoms with Crippen LogP contribution in [0.2, 0.25) is 0 Å². The minimum Gasteiger partial charge on any atom is -0.440 e. The summed E-state index contributed by atoms with van der Waals surface area (Å²) in [6.45, 7) is 1.97. The number of amides is 1. The van der Waals surface area contributed by atoms with Gasteiger partial charge in [-0.1, -0.05) is 6.07 Å². The minimum absolute atomic E-state index is 0.111. The van der Waals surface area contributed by atoms with Crippen LogP contribution in [0.1, 0.15) is 40.2 Å². The maximum absolute atomic E-state index is 12.8. The van der Waals surface area contributed by atoms with Crippen LogP contribution in [0.25, 0.3) is 11.1 Å². The zero-order chi connectivity index (χ0) is 19.0. The van der Waals surface area contributed by atoms with Gasteiger partial charge in [-0.25, -0.2) is 4.98 Å². The van der Waals surface area contributed by atoms with Gasteiger partial charge in [0.05, 0.1) is 22.1 Å². The van der Waals surface area contributed by atoms with E-state index in [9.17, 15) is 18.0 Å². The van der Waals surface area contributed by atoms with E-state index in [0.717, 1.165) is 23.3 Å². The Hall–Kier alpha value is -2.90. The number of carbonyl (C=O) groups is 1. The zero-order valence-corrected chi connectivity index (χ0v) is 14.2. The second-order valence-electron chi connectivity index (χ2n) is 7.42. The Balaban J connectivity index is 1.37. The van der Waals surface area contributed by atoms with E-state index in [4.69, 9.17) is 4.42 Å². The third-order valence-corrected chi connectivity index (χ3v) is 5.51. The van der Waals surface area contributed by atoms with Crippen LogP contribution in [0.4, 0.5) is 13.2 Å². The number of benzene rings is 1. The first-order chi connectivity index (χ1) is 12.7. The Morgan fingerprint density at radius 1 is 1.22 bits per heavy atom. The molecule has 2 aliphatic rings. The van der Waals surface area contributed by atoms with Crippen LogP contribution in [0.3, 0.4) is 0 Å². The molecule has 8 heteroatoms. The van der Waals surface area contributed by atoms with Crippen LogP contribution in [-0.2, 0) is 11.6 Å². The molecule has 5 rings (SSSR count). The summed E-state index contributed by atoms with van der Waals surface area (Å²) in [5.74, 6) is 0.00509. The van der Waals surface area contributed by atoms with Gasteiger partial charge in [-0.2, -0.15) is 13.2 Å². The number of hydrogen-bond acceptors (Lipinski definition) is 4. The Morgan fingerprint density at radius 3 is 2.74 bits per heavy atom. The number of nitrogens with one attached hydrogen (secondary N) is 1. The van der Waals surface area contributed by atoms with Gasteiger partial charge in [-0.15, -0.1) is 0 Å². The Bertz CT molecular complexity index is 1100. The van der Waals surface area contributed by atoms with Crippen LogP contribution in [0.5, 0.6) is 0 Å².